The molecule has 1 aromatic rings. The van der Waals surface area contributed by atoms with E-state index < -0.39 is 12.0 Å². The normalized spacial score (nSPS) is 19.6. The molecule has 0 spiro atoms. The number of thioether (sulfide) groups is 1. The highest BCUT2D eigenvalue weighted by Gasteiger charge is 2.40. The van der Waals surface area contributed by atoms with Crippen molar-refractivity contribution in [1.29, 1.82) is 0 Å². The van der Waals surface area contributed by atoms with Crippen LogP contribution >= 0.6 is 11.8 Å². The fraction of sp³-hybridized carbons (Fsp3) is 0.474. The van der Waals surface area contributed by atoms with Gasteiger partial charge < -0.3 is 14.0 Å². The van der Waals surface area contributed by atoms with E-state index in [1.54, 1.807) is 12.9 Å². The van der Waals surface area contributed by atoms with Gasteiger partial charge in [0.1, 0.15) is 17.3 Å². The van der Waals surface area contributed by atoms with Crippen molar-refractivity contribution in [3.8, 4) is 5.88 Å². The molecule has 27 heavy (non-hydrogen) atoms. The number of hydrogen-bond donors (Lipinski definition) is 0. The van der Waals surface area contributed by atoms with E-state index >= 15 is 0 Å². The van der Waals surface area contributed by atoms with Crippen LogP contribution in [0.5, 0.6) is 5.88 Å². The second-order valence-electron chi connectivity index (χ2n) is 6.07. The summed E-state index contributed by atoms with van der Waals surface area (Å²) in [6.45, 7) is 3.98. The molecule has 1 aromatic heterocycles. The van der Waals surface area contributed by atoms with E-state index in [0.29, 0.717) is 23.0 Å². The van der Waals surface area contributed by atoms with Gasteiger partial charge in [-0.15, -0.1) is 11.8 Å². The fourth-order valence-electron chi connectivity index (χ4n) is 2.91. The maximum Gasteiger partial charge on any atom is 0.265 e. The van der Waals surface area contributed by atoms with Crippen LogP contribution in [0.1, 0.15) is 48.7 Å². The largest absolute Gasteiger partial charge is 0.496 e. The summed E-state index contributed by atoms with van der Waals surface area (Å²) >= 11 is 1.27. The molecule has 0 N–H and O–H groups in total. The van der Waals surface area contributed by atoms with E-state index in [1.165, 1.54) is 24.9 Å². The van der Waals surface area contributed by atoms with Crippen molar-refractivity contribution in [3.63, 3.8) is 0 Å². The Morgan fingerprint density at radius 1 is 1.44 bits per heavy atom. The lowest BCUT2D eigenvalue weighted by atomic mass is 9.93. The van der Waals surface area contributed by atoms with Gasteiger partial charge in [-0.2, -0.15) is 0 Å². The molecule has 144 valence electrons. The Labute approximate surface area is 160 Å². The number of carbonyl (C=O) groups excluding carboxylic acids is 2. The first-order valence-corrected chi connectivity index (χ1v) is 9.74. The average molecular weight is 393 g/mol. The van der Waals surface area contributed by atoms with Crippen LogP contribution in [-0.2, 0) is 9.53 Å². The van der Waals surface area contributed by atoms with E-state index in [-0.39, 0.29) is 34.3 Å². The molecule has 6 nitrogen and oxygen atoms in total. The minimum atomic E-state index is -1.75. The van der Waals surface area contributed by atoms with E-state index in [9.17, 15) is 14.0 Å². The highest BCUT2D eigenvalue weighted by Crippen LogP contribution is 2.46. The first kappa shape index (κ1) is 19.5. The number of hydrogen-bond acceptors (Lipinski definition) is 7. The van der Waals surface area contributed by atoms with Crippen molar-refractivity contribution in [2.45, 2.75) is 38.8 Å². The predicted molar refractivity (Wildman–Crippen MR) is 98.3 cm³/mol. The Balaban J connectivity index is 2.13. The van der Waals surface area contributed by atoms with Gasteiger partial charge in [-0.05, 0) is 36.8 Å². The highest BCUT2D eigenvalue weighted by molar-refractivity contribution is 8.03. The standard InChI is InChI=1S/C19H20FNO5S/c1-4-25-19-13(16(26-21-19)10-6-7-10)15(23)12-8-11(9-22)14(20)17(24-3)18(12)27-5-2/h8,10,14H,4-7H2,1-3H3. The van der Waals surface area contributed by atoms with Crippen molar-refractivity contribution in [2.75, 3.05) is 19.5 Å². The van der Waals surface area contributed by atoms with Crippen molar-refractivity contribution >= 4 is 23.5 Å². The van der Waals surface area contributed by atoms with Crippen LogP contribution in [0.4, 0.5) is 4.39 Å². The molecule has 0 aromatic carbocycles. The van der Waals surface area contributed by atoms with Crippen LogP contribution in [0.15, 0.2) is 32.4 Å². The van der Waals surface area contributed by atoms with Crippen molar-refractivity contribution in [2.24, 2.45) is 0 Å². The summed E-state index contributed by atoms with van der Waals surface area (Å²) in [5.74, 6) is 2.39. The van der Waals surface area contributed by atoms with Crippen molar-refractivity contribution < 1.29 is 28.0 Å². The van der Waals surface area contributed by atoms with Gasteiger partial charge in [-0.1, -0.05) is 6.92 Å². The van der Waals surface area contributed by atoms with Crippen LogP contribution < -0.4 is 4.74 Å². The molecule has 0 aliphatic heterocycles. The van der Waals surface area contributed by atoms with E-state index in [2.05, 4.69) is 5.16 Å². The summed E-state index contributed by atoms with van der Waals surface area (Å²) < 4.78 is 30.6. The molecule has 1 atom stereocenters. The summed E-state index contributed by atoms with van der Waals surface area (Å²) in [4.78, 5) is 25.0. The molecular weight excluding hydrogens is 373 g/mol. The number of ketones is 1. The van der Waals surface area contributed by atoms with Crippen molar-refractivity contribution in [3.05, 3.63) is 39.2 Å². The molecule has 1 saturated carbocycles. The lowest BCUT2D eigenvalue weighted by molar-refractivity contribution is 0.103. The van der Waals surface area contributed by atoms with Crippen LogP contribution in [0, 0.1) is 0 Å². The Kier molecular flexibility index (Phi) is 5.87. The minimum Gasteiger partial charge on any atom is -0.496 e. The molecule has 0 bridgehead atoms. The monoisotopic (exact) mass is 393 g/mol. The topological polar surface area (TPSA) is 78.6 Å². The molecule has 0 saturated heterocycles. The number of halogens is 1. The highest BCUT2D eigenvalue weighted by atomic mass is 32.2. The average Bonchev–Trinajstić information content (AvgIpc) is 3.43. The van der Waals surface area contributed by atoms with Gasteiger partial charge in [-0.25, -0.2) is 9.18 Å². The number of allylic oxidation sites excluding steroid dienone is 3. The van der Waals surface area contributed by atoms with E-state index in [1.807, 2.05) is 6.92 Å². The quantitative estimate of drug-likeness (QED) is 0.491. The number of carbonyl (C=O) groups is 1. The number of methoxy groups -OCH3 is 1. The van der Waals surface area contributed by atoms with E-state index in [4.69, 9.17) is 14.0 Å². The number of ether oxygens (including phenoxy) is 2. The summed E-state index contributed by atoms with van der Waals surface area (Å²) in [5, 5.41) is 3.89. The molecule has 8 heteroatoms. The zero-order chi connectivity index (χ0) is 19.6. The first-order chi connectivity index (χ1) is 13.1. The predicted octanol–water partition coefficient (Wildman–Crippen LogP) is 3.78. The Morgan fingerprint density at radius 2 is 2.19 bits per heavy atom. The molecule has 0 amide bonds. The van der Waals surface area contributed by atoms with Gasteiger partial charge >= 0.3 is 0 Å². The molecule has 3 rings (SSSR count). The van der Waals surface area contributed by atoms with Gasteiger partial charge in [0.2, 0.25) is 5.78 Å². The third-order valence-electron chi connectivity index (χ3n) is 4.29. The number of Topliss-reactive ketones (excluding diaryl/α,β-unsaturated/α-hetero) is 1. The summed E-state index contributed by atoms with van der Waals surface area (Å²) in [6, 6.07) is 0. The number of alkyl halides is 1. The molecule has 2 aliphatic rings. The Bertz CT molecular complexity index is 861. The Hall–Kier alpha value is -2.31. The third-order valence-corrected chi connectivity index (χ3v) is 5.28. The van der Waals surface area contributed by atoms with Gasteiger partial charge in [0.25, 0.3) is 5.88 Å². The minimum absolute atomic E-state index is 0.0616. The lowest BCUT2D eigenvalue weighted by Gasteiger charge is -2.22. The zero-order valence-electron chi connectivity index (χ0n) is 15.3. The van der Waals surface area contributed by atoms with Gasteiger partial charge in [0.05, 0.1) is 24.2 Å². The van der Waals surface area contributed by atoms with Crippen LogP contribution in [0.3, 0.4) is 0 Å². The lowest BCUT2D eigenvalue weighted by Crippen LogP contribution is -2.21. The second kappa shape index (κ2) is 8.15. The second-order valence-corrected chi connectivity index (χ2v) is 7.35. The van der Waals surface area contributed by atoms with Crippen molar-refractivity contribution in [1.82, 2.24) is 5.16 Å². The number of nitrogens with zero attached hydrogens (tertiary/aromatic N) is 1. The maximum atomic E-state index is 14.6. The van der Waals surface area contributed by atoms with Gasteiger partial charge in [0.15, 0.2) is 11.9 Å². The van der Waals surface area contributed by atoms with Gasteiger partial charge in [0, 0.05) is 11.5 Å². The van der Waals surface area contributed by atoms with Crippen LogP contribution in [0.25, 0.3) is 0 Å². The molecule has 0 radical (unpaired) electrons. The summed E-state index contributed by atoms with van der Waals surface area (Å²) in [5.41, 5.74) is 0.118. The zero-order valence-corrected chi connectivity index (χ0v) is 16.2. The number of rotatable bonds is 8. The van der Waals surface area contributed by atoms with Gasteiger partial charge in [-0.3, -0.25) is 4.79 Å². The first-order valence-electron chi connectivity index (χ1n) is 8.76. The van der Waals surface area contributed by atoms with E-state index in [0.717, 1.165) is 12.8 Å². The SMILES string of the molecule is CCOc1noc(C2CC2)c1C(=O)C1=CC(=C=O)C(F)C(OC)=C1SCC. The summed E-state index contributed by atoms with van der Waals surface area (Å²) in [6.07, 6.45) is 1.29. The molecule has 1 heterocycles. The fourth-order valence-corrected chi connectivity index (χ4v) is 3.84. The molecule has 1 unspecified atom stereocenters. The smallest absolute Gasteiger partial charge is 0.265 e. The number of aromatic nitrogens is 1. The summed E-state index contributed by atoms with van der Waals surface area (Å²) in [7, 11) is 1.31. The molecule has 2 aliphatic carbocycles. The molecule has 1 fully saturated rings. The van der Waals surface area contributed by atoms with Crippen LogP contribution in [-0.4, -0.2) is 42.5 Å². The van der Waals surface area contributed by atoms with Crippen LogP contribution in [0.2, 0.25) is 0 Å². The maximum absolute atomic E-state index is 14.6. The Morgan fingerprint density at radius 3 is 2.74 bits per heavy atom. The third kappa shape index (κ3) is 3.59. The molecular formula is C19H20FNO5S.